The third-order valence-electron chi connectivity index (χ3n) is 3.43. The summed E-state index contributed by atoms with van der Waals surface area (Å²) in [6, 6.07) is 13.3. The van der Waals surface area contributed by atoms with Crippen LogP contribution in [0.15, 0.2) is 58.3 Å². The topological polar surface area (TPSA) is 63.5 Å². The van der Waals surface area contributed by atoms with Crippen LogP contribution in [0.3, 0.4) is 0 Å². The molecule has 0 N–H and O–H groups in total. The zero-order valence-corrected chi connectivity index (χ0v) is 12.6. The summed E-state index contributed by atoms with van der Waals surface area (Å²) in [5, 5.41) is 11.3. The molecule has 0 spiro atoms. The van der Waals surface area contributed by atoms with Gasteiger partial charge in [-0.2, -0.15) is 0 Å². The minimum atomic E-state index is -2.43. The molecule has 0 fully saturated rings. The molecule has 3 rings (SSSR count). The first-order chi connectivity index (χ1) is 9.98. The second-order valence-electron chi connectivity index (χ2n) is 4.53. The number of rotatable bonds is 2. The van der Waals surface area contributed by atoms with Crippen LogP contribution in [0, 0.1) is 10.1 Å². The van der Waals surface area contributed by atoms with Crippen molar-refractivity contribution in [1.29, 1.82) is 0 Å². The highest BCUT2D eigenvalue weighted by atomic mass is 35.7. The first-order valence-electron chi connectivity index (χ1n) is 6.11. The molecule has 21 heavy (non-hydrogen) atoms. The first-order valence-corrected chi connectivity index (χ1v) is 8.53. The van der Waals surface area contributed by atoms with Crippen LogP contribution >= 0.6 is 20.1 Å². The lowest BCUT2D eigenvalue weighted by Crippen LogP contribution is -2.20. The first kappa shape index (κ1) is 13.9. The van der Waals surface area contributed by atoms with Crippen LogP contribution in [0.25, 0.3) is 0 Å². The predicted octanol–water partition coefficient (Wildman–Crippen LogP) is 3.97. The fraction of sp³-hybridized carbons (Fsp3) is 0.0714. The van der Waals surface area contributed by atoms with Gasteiger partial charge in [0.15, 0.2) is 0 Å². The Balaban J connectivity index is 2.32. The van der Waals surface area contributed by atoms with Crippen molar-refractivity contribution >= 4 is 31.7 Å². The maximum Gasteiger partial charge on any atom is 0.284 e. The number of halogens is 1. The minimum Gasteiger partial charge on any atom is -0.283 e. The molecule has 5 nitrogen and oxygen atoms in total. The number of nitrogens with zero attached hydrogens (tertiary/aromatic N) is 2. The molecule has 0 radical (unpaired) electrons. The third kappa shape index (κ3) is 1.83. The number of amides is 1. The van der Waals surface area contributed by atoms with Crippen LogP contribution in [0.2, 0.25) is 0 Å². The number of hydrogen-bond acceptors (Lipinski definition) is 3. The van der Waals surface area contributed by atoms with E-state index in [1.165, 1.54) is 10.4 Å². The van der Waals surface area contributed by atoms with E-state index in [0.29, 0.717) is 15.4 Å². The molecule has 0 aliphatic carbocycles. The number of carbonyl (C=O) groups excluding carboxylic acids is 1. The normalized spacial score (nSPS) is 23.5. The molecule has 7 heteroatoms. The lowest BCUT2D eigenvalue weighted by atomic mass is 10.2. The highest BCUT2D eigenvalue weighted by Gasteiger charge is 2.46. The smallest absolute Gasteiger partial charge is 0.283 e. The molecular formula is C14H11ClN2O3S. The van der Waals surface area contributed by atoms with Crippen LogP contribution in [-0.2, 0) is 0 Å². The van der Waals surface area contributed by atoms with Crippen LogP contribution in [0.4, 0.5) is 5.69 Å². The molecule has 2 aromatic carbocycles. The zero-order chi connectivity index (χ0) is 15.2. The average molecular weight is 323 g/mol. The van der Waals surface area contributed by atoms with Crippen molar-refractivity contribution in [1.82, 2.24) is 4.31 Å². The van der Waals surface area contributed by atoms with E-state index < -0.39 is 14.4 Å². The Labute approximate surface area is 127 Å². The number of nitro groups is 1. The quantitative estimate of drug-likeness (QED) is 0.620. The molecule has 0 saturated heterocycles. The molecule has 1 unspecified atom stereocenters. The summed E-state index contributed by atoms with van der Waals surface area (Å²) in [5.41, 5.74) is 0.432. The maximum atomic E-state index is 12.4. The van der Waals surface area contributed by atoms with Gasteiger partial charge in [0.25, 0.3) is 11.6 Å². The highest BCUT2D eigenvalue weighted by Crippen LogP contribution is 2.74. The Morgan fingerprint density at radius 1 is 1.10 bits per heavy atom. The molecule has 1 aliphatic heterocycles. The highest BCUT2D eigenvalue weighted by molar-refractivity contribution is 8.50. The summed E-state index contributed by atoms with van der Waals surface area (Å²) in [6.07, 6.45) is 0. The second-order valence-corrected chi connectivity index (χ2v) is 8.31. The summed E-state index contributed by atoms with van der Waals surface area (Å²) < 4.78 is 1.42. The SMILES string of the molecule is CN1C(=O)c2ccccc2S1(Cl)c1ccccc1[N+](=O)[O-]. The molecular weight excluding hydrogens is 312 g/mol. The third-order valence-corrected chi connectivity index (χ3v) is 7.83. The summed E-state index contributed by atoms with van der Waals surface area (Å²) in [5.74, 6) is -0.214. The van der Waals surface area contributed by atoms with E-state index in [1.54, 1.807) is 49.5 Å². The number of para-hydroxylation sites is 1. The fourth-order valence-corrected chi connectivity index (χ4v) is 5.93. The molecule has 1 amide bonds. The summed E-state index contributed by atoms with van der Waals surface area (Å²) >= 11 is 0. The Morgan fingerprint density at radius 2 is 1.67 bits per heavy atom. The second kappa shape index (κ2) is 4.75. The molecule has 0 bridgehead atoms. The van der Waals surface area contributed by atoms with Gasteiger partial charge in [-0.15, -0.1) is 0 Å². The van der Waals surface area contributed by atoms with Crippen molar-refractivity contribution in [3.05, 3.63) is 64.2 Å². The van der Waals surface area contributed by atoms with E-state index in [2.05, 4.69) is 0 Å². The van der Waals surface area contributed by atoms with E-state index in [0.717, 1.165) is 0 Å². The van der Waals surface area contributed by atoms with Crippen molar-refractivity contribution in [2.75, 3.05) is 7.05 Å². The van der Waals surface area contributed by atoms with E-state index in [9.17, 15) is 14.9 Å². The van der Waals surface area contributed by atoms with Gasteiger partial charge in [0.2, 0.25) is 0 Å². The van der Waals surface area contributed by atoms with Crippen molar-refractivity contribution in [3.63, 3.8) is 0 Å². The number of fused-ring (bicyclic) bond motifs is 1. The molecule has 1 heterocycles. The predicted molar refractivity (Wildman–Crippen MR) is 81.6 cm³/mol. The Kier molecular flexibility index (Phi) is 3.15. The van der Waals surface area contributed by atoms with Gasteiger partial charge in [0.05, 0.1) is 10.5 Å². The van der Waals surface area contributed by atoms with Crippen molar-refractivity contribution in [2.45, 2.75) is 9.79 Å². The van der Waals surface area contributed by atoms with Gasteiger partial charge in [-0.25, -0.2) is 0 Å². The Bertz CT molecular complexity index is 767. The minimum absolute atomic E-state index is 0.0705. The van der Waals surface area contributed by atoms with Crippen LogP contribution in [0.5, 0.6) is 0 Å². The van der Waals surface area contributed by atoms with Crippen LogP contribution in [0.1, 0.15) is 10.4 Å². The van der Waals surface area contributed by atoms with Gasteiger partial charge in [0, 0.05) is 18.0 Å². The Hall–Kier alpha value is -2.05. The standard InChI is InChI=1S/C14H11ClN2O3S/c1-16-14(18)10-6-2-4-8-12(10)21(16,15)13-9-5-3-7-11(13)17(19)20/h2-9H,1H3. The van der Waals surface area contributed by atoms with Crippen molar-refractivity contribution in [3.8, 4) is 0 Å². The number of carbonyl (C=O) groups is 1. The number of nitro benzene ring substituents is 1. The molecule has 2 aromatic rings. The molecule has 0 aromatic heterocycles. The van der Waals surface area contributed by atoms with E-state index in [1.807, 2.05) is 0 Å². The zero-order valence-electron chi connectivity index (χ0n) is 11.0. The largest absolute Gasteiger partial charge is 0.284 e. The van der Waals surface area contributed by atoms with Crippen LogP contribution in [-0.4, -0.2) is 22.2 Å². The summed E-state index contributed by atoms with van der Waals surface area (Å²) in [6.45, 7) is 0. The van der Waals surface area contributed by atoms with Gasteiger partial charge in [-0.3, -0.25) is 19.2 Å². The summed E-state index contributed by atoms with van der Waals surface area (Å²) in [7, 11) is 5.96. The van der Waals surface area contributed by atoms with Gasteiger partial charge in [0.1, 0.15) is 4.90 Å². The van der Waals surface area contributed by atoms with Gasteiger partial charge in [-0.05, 0) is 38.3 Å². The number of benzene rings is 2. The average Bonchev–Trinajstić information content (AvgIpc) is 2.70. The molecule has 1 atom stereocenters. The molecule has 1 aliphatic rings. The Morgan fingerprint density at radius 3 is 2.33 bits per heavy atom. The van der Waals surface area contributed by atoms with Crippen LogP contribution < -0.4 is 0 Å². The van der Waals surface area contributed by atoms with E-state index >= 15 is 0 Å². The lowest BCUT2D eigenvalue weighted by Gasteiger charge is -2.35. The van der Waals surface area contributed by atoms with Gasteiger partial charge < -0.3 is 0 Å². The lowest BCUT2D eigenvalue weighted by molar-refractivity contribution is -0.387. The summed E-state index contributed by atoms with van der Waals surface area (Å²) in [4.78, 5) is 24.2. The van der Waals surface area contributed by atoms with Gasteiger partial charge in [-0.1, -0.05) is 24.3 Å². The number of hydrogen-bond donors (Lipinski definition) is 0. The molecule has 108 valence electrons. The van der Waals surface area contributed by atoms with Crippen molar-refractivity contribution < 1.29 is 9.72 Å². The monoisotopic (exact) mass is 322 g/mol. The fourth-order valence-electron chi connectivity index (χ4n) is 2.41. The van der Waals surface area contributed by atoms with E-state index in [4.69, 9.17) is 10.7 Å². The molecule has 0 saturated carbocycles. The van der Waals surface area contributed by atoms with Gasteiger partial charge >= 0.3 is 0 Å². The van der Waals surface area contributed by atoms with Crippen molar-refractivity contribution in [2.24, 2.45) is 0 Å². The van der Waals surface area contributed by atoms with E-state index in [-0.39, 0.29) is 11.6 Å². The maximum absolute atomic E-state index is 12.4.